The first-order chi connectivity index (χ1) is 9.47. The van der Waals surface area contributed by atoms with Gasteiger partial charge in [-0.25, -0.2) is 0 Å². The van der Waals surface area contributed by atoms with E-state index in [2.05, 4.69) is 20.7 Å². The predicted octanol–water partition coefficient (Wildman–Crippen LogP) is 3.60. The summed E-state index contributed by atoms with van der Waals surface area (Å²) >= 11 is 4.81. The van der Waals surface area contributed by atoms with Crippen molar-refractivity contribution >= 4 is 24.3 Å². The summed E-state index contributed by atoms with van der Waals surface area (Å²) in [5.41, 5.74) is 1.74. The summed E-state index contributed by atoms with van der Waals surface area (Å²) in [5, 5.41) is 10.1. The van der Waals surface area contributed by atoms with Gasteiger partial charge in [0.1, 0.15) is 4.64 Å². The number of anilines is 1. The van der Waals surface area contributed by atoms with Crippen molar-refractivity contribution in [1.29, 1.82) is 0 Å². The Morgan fingerprint density at radius 2 is 1.95 bits per heavy atom. The Morgan fingerprint density at radius 1 is 1.20 bits per heavy atom. The molecule has 0 aliphatic heterocycles. The number of nitrogens with one attached hydrogen (secondary N) is 2. The van der Waals surface area contributed by atoms with Gasteiger partial charge in [-0.3, -0.25) is 10.5 Å². The molecular formula is C12H9F3N4S. The van der Waals surface area contributed by atoms with Crippen LogP contribution in [0.1, 0.15) is 11.1 Å². The van der Waals surface area contributed by atoms with Crippen LogP contribution in [0.15, 0.2) is 41.5 Å². The van der Waals surface area contributed by atoms with Gasteiger partial charge >= 0.3 is 6.18 Å². The molecule has 2 N–H and O–H groups in total. The number of hydrogen-bond donors (Lipinski definition) is 2. The first kappa shape index (κ1) is 14.2. The van der Waals surface area contributed by atoms with Gasteiger partial charge in [0, 0.05) is 5.56 Å². The van der Waals surface area contributed by atoms with Crippen LogP contribution >= 0.6 is 12.2 Å². The molecule has 0 saturated heterocycles. The third-order valence-corrected chi connectivity index (χ3v) is 2.56. The van der Waals surface area contributed by atoms with E-state index in [1.54, 1.807) is 12.1 Å². The van der Waals surface area contributed by atoms with Gasteiger partial charge in [0.2, 0.25) is 0 Å². The van der Waals surface area contributed by atoms with Gasteiger partial charge < -0.3 is 0 Å². The van der Waals surface area contributed by atoms with E-state index in [0.29, 0.717) is 10.5 Å². The fourth-order valence-corrected chi connectivity index (χ4v) is 1.56. The minimum Gasteiger partial charge on any atom is -0.266 e. The third-order valence-electron chi connectivity index (χ3n) is 2.33. The van der Waals surface area contributed by atoms with E-state index in [0.717, 1.165) is 12.3 Å². The zero-order valence-electron chi connectivity index (χ0n) is 9.98. The molecule has 0 radical (unpaired) electrons. The second kappa shape index (κ2) is 5.83. The highest BCUT2D eigenvalue weighted by atomic mass is 32.1. The van der Waals surface area contributed by atoms with Gasteiger partial charge in [0.15, 0.2) is 5.82 Å². The Balaban J connectivity index is 2.16. The van der Waals surface area contributed by atoms with Gasteiger partial charge in [-0.2, -0.15) is 23.4 Å². The van der Waals surface area contributed by atoms with Crippen LogP contribution in [-0.2, 0) is 6.18 Å². The fraction of sp³-hybridized carbons (Fsp3) is 0.0833. The lowest BCUT2D eigenvalue weighted by atomic mass is 10.1. The number of alkyl halides is 3. The van der Waals surface area contributed by atoms with Crippen molar-refractivity contribution in [1.82, 2.24) is 10.2 Å². The quantitative estimate of drug-likeness (QED) is 0.517. The summed E-state index contributed by atoms with van der Waals surface area (Å²) in [6, 6.07) is 8.32. The number of hydrazone groups is 1. The van der Waals surface area contributed by atoms with E-state index in [1.807, 2.05) is 0 Å². The Labute approximate surface area is 117 Å². The van der Waals surface area contributed by atoms with Crippen molar-refractivity contribution in [3.05, 3.63) is 52.2 Å². The Bertz CT molecular complexity index is 658. The van der Waals surface area contributed by atoms with E-state index in [4.69, 9.17) is 12.2 Å². The standard InChI is InChI=1S/C12H9F3N4S/c13-12(14,15)9-4-2-1-3-8(9)7-16-17-10-5-6-11(20)19-18-10/h1-7H,(H,17,18)(H,19,20). The average Bonchev–Trinajstić information content (AvgIpc) is 2.40. The van der Waals surface area contributed by atoms with Crippen molar-refractivity contribution in [2.24, 2.45) is 5.10 Å². The smallest absolute Gasteiger partial charge is 0.266 e. The number of nitrogens with zero attached hydrogens (tertiary/aromatic N) is 2. The number of H-pyrrole nitrogens is 1. The highest BCUT2D eigenvalue weighted by molar-refractivity contribution is 7.71. The predicted molar refractivity (Wildman–Crippen MR) is 72.1 cm³/mol. The molecule has 0 saturated carbocycles. The molecule has 0 aliphatic carbocycles. The molecule has 0 aliphatic rings. The molecule has 1 heterocycles. The molecule has 0 fully saturated rings. The minimum absolute atomic E-state index is 0.0311. The first-order valence-electron chi connectivity index (χ1n) is 5.48. The van der Waals surface area contributed by atoms with E-state index in [9.17, 15) is 13.2 Å². The monoisotopic (exact) mass is 298 g/mol. The molecule has 4 nitrogen and oxygen atoms in total. The number of aromatic amines is 1. The maximum Gasteiger partial charge on any atom is 0.417 e. The third kappa shape index (κ3) is 3.64. The Kier molecular flexibility index (Phi) is 4.14. The van der Waals surface area contributed by atoms with Crippen LogP contribution in [0.25, 0.3) is 0 Å². The molecule has 8 heteroatoms. The molecule has 1 aromatic heterocycles. The summed E-state index contributed by atoms with van der Waals surface area (Å²) in [4.78, 5) is 0. The second-order valence-electron chi connectivity index (χ2n) is 3.76. The van der Waals surface area contributed by atoms with E-state index < -0.39 is 11.7 Å². The Hall–Kier alpha value is -2.22. The van der Waals surface area contributed by atoms with Gasteiger partial charge in [-0.1, -0.05) is 30.4 Å². The van der Waals surface area contributed by atoms with Crippen LogP contribution in [0.2, 0.25) is 0 Å². The number of benzene rings is 1. The SMILES string of the molecule is FC(F)(F)c1ccccc1C=NNc1ccc(=S)[nH]n1. The molecule has 2 rings (SSSR count). The minimum atomic E-state index is -4.42. The van der Waals surface area contributed by atoms with Crippen molar-refractivity contribution in [2.45, 2.75) is 6.18 Å². The van der Waals surface area contributed by atoms with E-state index in [1.165, 1.54) is 18.2 Å². The van der Waals surface area contributed by atoms with Crippen LogP contribution in [0, 0.1) is 4.64 Å². The lowest BCUT2D eigenvalue weighted by Gasteiger charge is -2.09. The van der Waals surface area contributed by atoms with E-state index >= 15 is 0 Å². The first-order valence-corrected chi connectivity index (χ1v) is 5.89. The topological polar surface area (TPSA) is 53.1 Å². The summed E-state index contributed by atoms with van der Waals surface area (Å²) in [7, 11) is 0. The molecule has 20 heavy (non-hydrogen) atoms. The lowest BCUT2D eigenvalue weighted by Crippen LogP contribution is -2.09. The molecule has 0 amide bonds. The van der Waals surface area contributed by atoms with Crippen LogP contribution in [0.4, 0.5) is 19.0 Å². The maximum atomic E-state index is 12.7. The van der Waals surface area contributed by atoms with Crippen molar-refractivity contribution < 1.29 is 13.2 Å². The maximum absolute atomic E-state index is 12.7. The molecule has 104 valence electrons. The second-order valence-corrected chi connectivity index (χ2v) is 4.20. The van der Waals surface area contributed by atoms with Crippen molar-refractivity contribution in [3.8, 4) is 0 Å². The summed E-state index contributed by atoms with van der Waals surface area (Å²) in [5.74, 6) is 0.347. The van der Waals surface area contributed by atoms with Gasteiger partial charge in [0.25, 0.3) is 0 Å². The summed E-state index contributed by atoms with van der Waals surface area (Å²) in [6.45, 7) is 0. The number of halogens is 3. The van der Waals surface area contributed by atoms with Crippen molar-refractivity contribution in [2.75, 3.05) is 5.43 Å². The normalized spacial score (nSPS) is 11.8. The number of hydrogen-bond acceptors (Lipinski definition) is 4. The van der Waals surface area contributed by atoms with Crippen LogP contribution in [-0.4, -0.2) is 16.4 Å². The lowest BCUT2D eigenvalue weighted by molar-refractivity contribution is -0.137. The van der Waals surface area contributed by atoms with Gasteiger partial charge in [0.05, 0.1) is 11.8 Å². The highest BCUT2D eigenvalue weighted by Crippen LogP contribution is 2.31. The average molecular weight is 298 g/mol. The zero-order chi connectivity index (χ0) is 14.6. The van der Waals surface area contributed by atoms with E-state index in [-0.39, 0.29) is 5.56 Å². The molecule has 0 bridgehead atoms. The fourth-order valence-electron chi connectivity index (χ4n) is 1.44. The Morgan fingerprint density at radius 3 is 2.60 bits per heavy atom. The molecule has 0 atom stereocenters. The molecule has 0 spiro atoms. The molecule has 2 aromatic rings. The highest BCUT2D eigenvalue weighted by Gasteiger charge is 2.32. The molecule has 1 aromatic carbocycles. The van der Waals surface area contributed by atoms with Crippen LogP contribution < -0.4 is 5.43 Å². The number of rotatable bonds is 3. The largest absolute Gasteiger partial charge is 0.417 e. The molecular weight excluding hydrogens is 289 g/mol. The number of aromatic nitrogens is 2. The summed E-state index contributed by atoms with van der Waals surface area (Å²) < 4.78 is 38.6. The van der Waals surface area contributed by atoms with Crippen LogP contribution in [0.3, 0.4) is 0 Å². The van der Waals surface area contributed by atoms with Gasteiger partial charge in [-0.05, 0) is 18.2 Å². The van der Waals surface area contributed by atoms with Gasteiger partial charge in [-0.15, -0.1) is 0 Å². The zero-order valence-corrected chi connectivity index (χ0v) is 10.8. The van der Waals surface area contributed by atoms with Crippen LogP contribution in [0.5, 0.6) is 0 Å². The van der Waals surface area contributed by atoms with Crippen molar-refractivity contribution in [3.63, 3.8) is 0 Å². The molecule has 0 unspecified atom stereocenters. The summed E-state index contributed by atoms with van der Waals surface area (Å²) in [6.07, 6.45) is -3.33.